The molecule has 49 heavy (non-hydrogen) atoms. The fraction of sp³-hybridized carbons (Fsp3) is 0.595. The summed E-state index contributed by atoms with van der Waals surface area (Å²) in [4.78, 5) is 14.1. The zero-order chi connectivity index (χ0) is 35.3. The van der Waals surface area contributed by atoms with Crippen LogP contribution >= 0.6 is 0 Å². The molecule has 0 aliphatic carbocycles. The van der Waals surface area contributed by atoms with Crippen molar-refractivity contribution in [1.29, 1.82) is 0 Å². The Bertz CT molecular complexity index is 1520. The standard InChI is InChI=1S/C37H52O12/c1-5-8-11-16-44-25-15-14-23(19-26(25)45-17-12-9-6-2)35-36(43-4)32(40)30-27(46-18-13-10-7-3)20-24(21-28(30)48-35)47-37-34(42)33(41)31(39)29(22-38)49-37/h14-15,19-21,29,31,33-34,37-39,41-42H,5-13,16-18,22H2,1-4H3/t29?,31-,33?,34+,37-/m1/s1. The Morgan fingerprint density at radius 2 is 1.35 bits per heavy atom. The summed E-state index contributed by atoms with van der Waals surface area (Å²) in [5, 5.41) is 40.9. The molecule has 2 heterocycles. The van der Waals surface area contributed by atoms with Gasteiger partial charge in [0.15, 0.2) is 17.3 Å². The first kappa shape index (κ1) is 38.3. The Kier molecular flexibility index (Phi) is 14.8. The van der Waals surface area contributed by atoms with Crippen LogP contribution in [0.3, 0.4) is 0 Å². The molecule has 0 saturated carbocycles. The third-order valence-corrected chi connectivity index (χ3v) is 8.42. The lowest BCUT2D eigenvalue weighted by molar-refractivity contribution is -0.277. The van der Waals surface area contributed by atoms with Gasteiger partial charge in [-0.05, 0) is 37.5 Å². The number of hydrogen-bond donors (Lipinski definition) is 4. The molecule has 1 fully saturated rings. The Labute approximate surface area is 287 Å². The van der Waals surface area contributed by atoms with E-state index in [0.29, 0.717) is 36.9 Å². The predicted molar refractivity (Wildman–Crippen MR) is 184 cm³/mol. The second-order valence-electron chi connectivity index (χ2n) is 12.2. The van der Waals surface area contributed by atoms with E-state index < -0.39 is 42.7 Å². The molecular weight excluding hydrogens is 636 g/mol. The molecule has 2 unspecified atom stereocenters. The van der Waals surface area contributed by atoms with Crippen molar-refractivity contribution in [3.8, 4) is 40.1 Å². The number of ether oxygens (including phenoxy) is 6. The van der Waals surface area contributed by atoms with Crippen molar-refractivity contribution in [2.75, 3.05) is 33.5 Å². The van der Waals surface area contributed by atoms with Crippen LogP contribution in [0, 0.1) is 0 Å². The minimum absolute atomic E-state index is 0.0259. The minimum Gasteiger partial charge on any atom is -0.493 e. The Morgan fingerprint density at radius 3 is 1.94 bits per heavy atom. The molecular formula is C37H52O12. The first-order chi connectivity index (χ1) is 23.8. The number of unbranched alkanes of at least 4 members (excludes halogenated alkanes) is 6. The van der Waals surface area contributed by atoms with Gasteiger partial charge < -0.3 is 53.3 Å². The second kappa shape index (κ2) is 19.0. The van der Waals surface area contributed by atoms with Crippen LogP contribution in [-0.4, -0.2) is 84.7 Å². The largest absolute Gasteiger partial charge is 0.493 e. The lowest BCUT2D eigenvalue weighted by atomic mass is 9.99. The molecule has 3 aromatic rings. The highest BCUT2D eigenvalue weighted by molar-refractivity contribution is 5.88. The van der Waals surface area contributed by atoms with E-state index in [1.165, 1.54) is 19.2 Å². The Hall–Kier alpha value is -3.55. The lowest BCUT2D eigenvalue weighted by Gasteiger charge is -2.39. The summed E-state index contributed by atoms with van der Waals surface area (Å²) in [6.07, 6.45) is 1.18. The van der Waals surface area contributed by atoms with Crippen molar-refractivity contribution in [2.24, 2.45) is 0 Å². The van der Waals surface area contributed by atoms with Gasteiger partial charge in [-0.3, -0.25) is 4.79 Å². The van der Waals surface area contributed by atoms with E-state index in [1.54, 1.807) is 18.2 Å². The fourth-order valence-electron chi connectivity index (χ4n) is 5.58. The average Bonchev–Trinajstić information content (AvgIpc) is 3.10. The van der Waals surface area contributed by atoms with Gasteiger partial charge in [-0.1, -0.05) is 59.3 Å². The number of methoxy groups -OCH3 is 1. The summed E-state index contributed by atoms with van der Waals surface area (Å²) < 4.78 is 41.8. The fourth-order valence-corrected chi connectivity index (χ4v) is 5.58. The van der Waals surface area contributed by atoms with Gasteiger partial charge in [0, 0.05) is 17.7 Å². The van der Waals surface area contributed by atoms with Crippen molar-refractivity contribution in [1.82, 2.24) is 0 Å². The summed E-state index contributed by atoms with van der Waals surface area (Å²) in [6.45, 7) is 7.07. The van der Waals surface area contributed by atoms with Gasteiger partial charge in [0.25, 0.3) is 0 Å². The second-order valence-corrected chi connectivity index (χ2v) is 12.2. The zero-order valence-electron chi connectivity index (χ0n) is 29.0. The van der Waals surface area contributed by atoms with Crippen LogP contribution in [0.25, 0.3) is 22.3 Å². The summed E-state index contributed by atoms with van der Waals surface area (Å²) in [5.41, 5.74) is 0.167. The molecule has 1 aromatic heterocycles. The van der Waals surface area contributed by atoms with E-state index in [0.717, 1.165) is 57.8 Å². The van der Waals surface area contributed by atoms with Gasteiger partial charge in [0.1, 0.15) is 46.9 Å². The zero-order valence-corrected chi connectivity index (χ0v) is 29.0. The number of aliphatic hydroxyl groups excluding tert-OH is 4. The van der Waals surface area contributed by atoms with Crippen molar-refractivity contribution < 1.29 is 53.3 Å². The number of rotatable bonds is 20. The van der Waals surface area contributed by atoms with Crippen LogP contribution in [0.4, 0.5) is 0 Å². The van der Waals surface area contributed by atoms with Gasteiger partial charge in [0.2, 0.25) is 17.5 Å². The quantitative estimate of drug-likeness (QED) is 0.113. The van der Waals surface area contributed by atoms with Crippen LogP contribution in [0.1, 0.15) is 78.6 Å². The summed E-state index contributed by atoms with van der Waals surface area (Å²) in [6, 6.07) is 8.26. The molecule has 0 spiro atoms. The first-order valence-electron chi connectivity index (χ1n) is 17.5. The summed E-state index contributed by atoms with van der Waals surface area (Å²) in [5.74, 6) is 1.51. The molecule has 0 bridgehead atoms. The minimum atomic E-state index is -1.64. The van der Waals surface area contributed by atoms with E-state index in [4.69, 9.17) is 32.8 Å². The number of fused-ring (bicyclic) bond motifs is 1. The maximum atomic E-state index is 14.1. The maximum Gasteiger partial charge on any atom is 0.239 e. The Balaban J connectivity index is 1.78. The predicted octanol–water partition coefficient (Wildman–Crippen LogP) is 5.35. The normalized spacial score (nSPS) is 20.7. The van der Waals surface area contributed by atoms with Crippen molar-refractivity contribution in [3.63, 3.8) is 0 Å². The van der Waals surface area contributed by atoms with Gasteiger partial charge in [-0.15, -0.1) is 0 Å². The van der Waals surface area contributed by atoms with Gasteiger partial charge >= 0.3 is 0 Å². The number of hydrogen-bond acceptors (Lipinski definition) is 12. The molecule has 0 amide bonds. The average molecular weight is 689 g/mol. The van der Waals surface area contributed by atoms with Gasteiger partial charge in [-0.25, -0.2) is 0 Å². The van der Waals surface area contributed by atoms with Crippen molar-refractivity contribution >= 4 is 11.0 Å². The smallest absolute Gasteiger partial charge is 0.239 e. The van der Waals surface area contributed by atoms with Crippen LogP contribution in [0.5, 0.6) is 28.7 Å². The highest BCUT2D eigenvalue weighted by Gasteiger charge is 2.44. The first-order valence-corrected chi connectivity index (χ1v) is 17.5. The SMILES string of the molecule is CCCCCOc1ccc(-c2oc3cc(O[C@@H]4OC(CO)[C@@H](O)C(O)[C@@H]4O)cc(OCCCCC)c3c(=O)c2OC)cc1OCCCCC. The number of aliphatic hydroxyl groups is 4. The van der Waals surface area contributed by atoms with Crippen LogP contribution in [-0.2, 0) is 4.74 Å². The van der Waals surface area contributed by atoms with E-state index >= 15 is 0 Å². The van der Waals surface area contributed by atoms with Gasteiger partial charge in [-0.2, -0.15) is 0 Å². The van der Waals surface area contributed by atoms with E-state index in [2.05, 4.69) is 20.8 Å². The maximum absolute atomic E-state index is 14.1. The molecule has 4 N–H and O–H groups in total. The topological polar surface area (TPSA) is 167 Å². The number of benzene rings is 2. The van der Waals surface area contributed by atoms with E-state index in [-0.39, 0.29) is 34.0 Å². The van der Waals surface area contributed by atoms with Crippen molar-refractivity contribution in [3.05, 3.63) is 40.6 Å². The Morgan fingerprint density at radius 1 is 0.735 bits per heavy atom. The lowest BCUT2D eigenvalue weighted by Crippen LogP contribution is -2.60. The van der Waals surface area contributed by atoms with Crippen LogP contribution in [0.15, 0.2) is 39.5 Å². The summed E-state index contributed by atoms with van der Waals surface area (Å²) in [7, 11) is 1.40. The molecule has 0 radical (unpaired) electrons. The highest BCUT2D eigenvalue weighted by Crippen LogP contribution is 2.40. The molecule has 4 rings (SSSR count). The third kappa shape index (κ3) is 9.58. The molecule has 272 valence electrons. The molecule has 5 atom stereocenters. The molecule has 1 aliphatic heterocycles. The molecule has 12 nitrogen and oxygen atoms in total. The monoisotopic (exact) mass is 688 g/mol. The third-order valence-electron chi connectivity index (χ3n) is 8.42. The van der Waals surface area contributed by atoms with Gasteiger partial charge in [0.05, 0.1) is 33.5 Å². The van der Waals surface area contributed by atoms with Crippen LogP contribution < -0.4 is 29.1 Å². The molecule has 1 saturated heterocycles. The molecule has 2 aromatic carbocycles. The summed E-state index contributed by atoms with van der Waals surface area (Å²) >= 11 is 0. The molecule has 12 heteroatoms. The highest BCUT2D eigenvalue weighted by atomic mass is 16.7. The van der Waals surface area contributed by atoms with E-state index in [9.17, 15) is 25.2 Å². The van der Waals surface area contributed by atoms with Crippen molar-refractivity contribution in [2.45, 2.75) is 109 Å². The van der Waals surface area contributed by atoms with E-state index in [1.807, 2.05) is 0 Å². The van der Waals surface area contributed by atoms with Crippen LogP contribution in [0.2, 0.25) is 0 Å². The molecule has 1 aliphatic rings.